The molecule has 1 amide bonds. The van der Waals surface area contributed by atoms with Gasteiger partial charge in [0.1, 0.15) is 29.3 Å². The van der Waals surface area contributed by atoms with Crippen LogP contribution in [0, 0.1) is 11.6 Å². The fourth-order valence-electron chi connectivity index (χ4n) is 3.25. The first-order valence-electron chi connectivity index (χ1n) is 9.43. The van der Waals surface area contributed by atoms with Crippen LogP contribution >= 0.6 is 0 Å². The lowest BCUT2D eigenvalue weighted by Gasteiger charge is -2.15. The summed E-state index contributed by atoms with van der Waals surface area (Å²) in [6, 6.07) is 6.55. The third-order valence-corrected chi connectivity index (χ3v) is 4.64. The van der Waals surface area contributed by atoms with Gasteiger partial charge in [-0.2, -0.15) is 5.10 Å². The lowest BCUT2D eigenvalue weighted by Crippen LogP contribution is -2.18. The molecule has 0 saturated carbocycles. The number of amides is 1. The number of hydrogen-bond acceptors (Lipinski definition) is 6. The number of hydrogen-bond donors (Lipinski definition) is 2. The number of rotatable bonds is 5. The molecule has 0 aliphatic heterocycles. The van der Waals surface area contributed by atoms with Gasteiger partial charge in [0, 0.05) is 18.2 Å². The van der Waals surface area contributed by atoms with E-state index in [0.29, 0.717) is 0 Å². The van der Waals surface area contributed by atoms with Gasteiger partial charge in [-0.05, 0) is 30.3 Å². The molecule has 13 heteroatoms. The van der Waals surface area contributed by atoms with Crippen molar-refractivity contribution in [1.82, 2.24) is 14.8 Å². The van der Waals surface area contributed by atoms with Gasteiger partial charge in [-0.15, -0.1) is 13.2 Å². The Kier molecular flexibility index (Phi) is 5.69. The van der Waals surface area contributed by atoms with Crippen molar-refractivity contribution in [1.29, 1.82) is 0 Å². The van der Waals surface area contributed by atoms with Crippen molar-refractivity contribution in [2.45, 2.75) is 6.36 Å². The van der Waals surface area contributed by atoms with Gasteiger partial charge in [0.05, 0.1) is 17.6 Å². The van der Waals surface area contributed by atoms with E-state index in [9.17, 15) is 26.7 Å². The fourth-order valence-corrected chi connectivity index (χ4v) is 3.25. The first-order valence-corrected chi connectivity index (χ1v) is 9.43. The molecule has 0 bridgehead atoms. The minimum atomic E-state index is -5.03. The average Bonchev–Trinajstić information content (AvgIpc) is 3.39. The number of halogens is 5. The molecule has 0 aliphatic rings. The molecule has 176 valence electrons. The lowest BCUT2D eigenvalue weighted by molar-refractivity contribution is -0.274. The second-order valence-corrected chi connectivity index (χ2v) is 6.88. The molecule has 34 heavy (non-hydrogen) atoms. The molecule has 0 unspecified atom stereocenters. The van der Waals surface area contributed by atoms with Gasteiger partial charge in [-0.3, -0.25) is 9.48 Å². The van der Waals surface area contributed by atoms with Crippen LogP contribution in [0.5, 0.6) is 5.75 Å². The number of aryl methyl sites for hydroxylation is 1. The lowest BCUT2D eigenvalue weighted by atomic mass is 10.0. The maximum absolute atomic E-state index is 13.9. The molecule has 3 N–H and O–H groups in total. The normalized spacial score (nSPS) is 11.5. The highest BCUT2D eigenvalue weighted by molar-refractivity contribution is 6.08. The van der Waals surface area contributed by atoms with Crippen LogP contribution in [0.1, 0.15) is 10.5 Å². The van der Waals surface area contributed by atoms with Gasteiger partial charge >= 0.3 is 6.36 Å². The first kappa shape index (κ1) is 22.8. The van der Waals surface area contributed by atoms with Crippen molar-refractivity contribution < 1.29 is 35.9 Å². The summed E-state index contributed by atoms with van der Waals surface area (Å²) in [5, 5.41) is 5.96. The number of alkyl halides is 3. The predicted octanol–water partition coefficient (Wildman–Crippen LogP) is 4.75. The van der Waals surface area contributed by atoms with E-state index in [-0.39, 0.29) is 28.4 Å². The topological polar surface area (TPSA) is 108 Å². The van der Waals surface area contributed by atoms with Crippen LogP contribution in [0.15, 0.2) is 53.3 Å². The maximum Gasteiger partial charge on any atom is 0.573 e. The number of nitrogens with two attached hydrogens (primary N) is 1. The van der Waals surface area contributed by atoms with Crippen LogP contribution in [0.4, 0.5) is 33.3 Å². The summed E-state index contributed by atoms with van der Waals surface area (Å²) in [5.74, 6) is -3.69. The van der Waals surface area contributed by atoms with Crippen LogP contribution in [0.25, 0.3) is 22.7 Å². The van der Waals surface area contributed by atoms with Crippen LogP contribution in [0.3, 0.4) is 0 Å². The molecule has 0 fully saturated rings. The molecular weight excluding hydrogens is 465 g/mol. The molecule has 0 radical (unpaired) electrons. The van der Waals surface area contributed by atoms with E-state index < -0.39 is 41.0 Å². The molecule has 0 saturated heterocycles. The number of nitrogen functional groups attached to an aromatic ring is 1. The van der Waals surface area contributed by atoms with E-state index >= 15 is 0 Å². The van der Waals surface area contributed by atoms with Gasteiger partial charge in [0.2, 0.25) is 5.89 Å². The fraction of sp³-hybridized carbons (Fsp3) is 0.0952. The Morgan fingerprint density at radius 1 is 1.18 bits per heavy atom. The average molecular weight is 479 g/mol. The zero-order valence-electron chi connectivity index (χ0n) is 17.2. The molecule has 0 aliphatic carbocycles. The van der Waals surface area contributed by atoms with E-state index in [2.05, 4.69) is 14.8 Å². The molecule has 2 heterocycles. The molecular formula is C21H14F5N5O3. The summed E-state index contributed by atoms with van der Waals surface area (Å²) in [7, 11) is 1.32. The smallest absolute Gasteiger partial charge is 0.445 e. The molecule has 4 aromatic rings. The molecule has 0 spiro atoms. The Balaban J connectivity index is 1.80. The van der Waals surface area contributed by atoms with E-state index in [1.165, 1.54) is 31.6 Å². The molecule has 2 aromatic heterocycles. The zero-order valence-corrected chi connectivity index (χ0v) is 17.2. The number of anilines is 2. The molecule has 8 nitrogen and oxygen atoms in total. The van der Waals surface area contributed by atoms with Crippen molar-refractivity contribution in [3.8, 4) is 28.5 Å². The number of nitrogens with zero attached hydrogens (tertiary/aromatic N) is 3. The monoisotopic (exact) mass is 479 g/mol. The summed E-state index contributed by atoms with van der Waals surface area (Å²) < 4.78 is 77.2. The molecule has 2 aromatic carbocycles. The number of para-hydroxylation sites is 1. The molecule has 4 rings (SSSR count). The van der Waals surface area contributed by atoms with Crippen LogP contribution in [0.2, 0.25) is 0 Å². The van der Waals surface area contributed by atoms with Crippen molar-refractivity contribution in [3.63, 3.8) is 0 Å². The van der Waals surface area contributed by atoms with Crippen LogP contribution in [-0.2, 0) is 7.05 Å². The molecule has 0 atom stereocenters. The predicted molar refractivity (Wildman–Crippen MR) is 110 cm³/mol. The highest BCUT2D eigenvalue weighted by Gasteiger charge is 2.34. The minimum Gasteiger partial charge on any atom is -0.445 e. The SMILES string of the molecule is Cn1nc(C(=O)Nc2c(F)cccc2F)c(N)c1-c1cc(-c2ncco2)ccc1OC(F)(F)F. The van der Waals surface area contributed by atoms with Crippen LogP contribution < -0.4 is 15.8 Å². The number of oxazole rings is 1. The summed E-state index contributed by atoms with van der Waals surface area (Å²) in [6.45, 7) is 0. The summed E-state index contributed by atoms with van der Waals surface area (Å²) >= 11 is 0. The summed E-state index contributed by atoms with van der Waals surface area (Å²) in [4.78, 5) is 16.6. The van der Waals surface area contributed by atoms with Gasteiger partial charge in [-0.1, -0.05) is 6.07 Å². The van der Waals surface area contributed by atoms with Crippen molar-refractivity contribution >= 4 is 17.3 Å². The van der Waals surface area contributed by atoms with Crippen LogP contribution in [-0.4, -0.2) is 27.0 Å². The second kappa shape index (κ2) is 8.50. The largest absolute Gasteiger partial charge is 0.573 e. The zero-order chi connectivity index (χ0) is 24.6. The highest BCUT2D eigenvalue weighted by atomic mass is 19.4. The van der Waals surface area contributed by atoms with E-state index in [4.69, 9.17) is 10.2 Å². The maximum atomic E-state index is 13.9. The first-order chi connectivity index (χ1) is 16.0. The Morgan fingerprint density at radius 3 is 2.50 bits per heavy atom. The number of benzene rings is 2. The number of ether oxygens (including phenoxy) is 1. The van der Waals surface area contributed by atoms with E-state index in [1.54, 1.807) is 0 Å². The number of nitrogens with one attached hydrogen (secondary N) is 1. The number of carbonyl (C=O) groups excluding carboxylic acids is 1. The third kappa shape index (κ3) is 4.40. The van der Waals surface area contributed by atoms with Gasteiger partial charge in [0.15, 0.2) is 5.69 Å². The van der Waals surface area contributed by atoms with Gasteiger partial charge in [0.25, 0.3) is 5.91 Å². The van der Waals surface area contributed by atoms with Gasteiger partial charge < -0.3 is 20.2 Å². The third-order valence-electron chi connectivity index (χ3n) is 4.64. The Hall–Kier alpha value is -4.42. The summed E-state index contributed by atoms with van der Waals surface area (Å²) in [6.07, 6.45) is -2.41. The Morgan fingerprint density at radius 2 is 1.88 bits per heavy atom. The van der Waals surface area contributed by atoms with Crippen molar-refractivity contribution in [3.05, 3.63) is 66.2 Å². The Labute approximate surface area is 187 Å². The quantitative estimate of drug-likeness (QED) is 0.400. The second-order valence-electron chi connectivity index (χ2n) is 6.88. The standard InChI is InChI=1S/C21H14F5N5O3/c1-31-18(15(27)17(30-31)19(32)29-16-12(22)3-2-4-13(16)23)11-9-10(20-28-7-8-33-20)5-6-14(11)34-21(24,25)26/h2-9H,27H2,1H3,(H,29,32). The van der Waals surface area contributed by atoms with E-state index in [1.807, 2.05) is 5.32 Å². The van der Waals surface area contributed by atoms with Crippen molar-refractivity contribution in [2.24, 2.45) is 7.05 Å². The van der Waals surface area contributed by atoms with Crippen molar-refractivity contribution in [2.75, 3.05) is 11.1 Å². The Bertz CT molecular complexity index is 1350. The minimum absolute atomic E-state index is 0.105. The number of aromatic nitrogens is 3. The van der Waals surface area contributed by atoms with E-state index in [0.717, 1.165) is 28.9 Å². The number of carbonyl (C=O) groups is 1. The summed E-state index contributed by atoms with van der Waals surface area (Å²) in [5.41, 5.74) is 4.49. The van der Waals surface area contributed by atoms with Gasteiger partial charge in [-0.25, -0.2) is 13.8 Å². The highest BCUT2D eigenvalue weighted by Crippen LogP contribution is 2.40.